The first-order valence-electron chi connectivity index (χ1n) is 9.77. The molecule has 0 radical (unpaired) electrons. The Morgan fingerprint density at radius 3 is 2.67 bits per heavy atom. The van der Waals surface area contributed by atoms with Crippen LogP contribution in [0.1, 0.15) is 34.4 Å². The summed E-state index contributed by atoms with van der Waals surface area (Å²) in [5.41, 5.74) is 0.703. The van der Waals surface area contributed by atoms with Crippen LogP contribution in [0.25, 0.3) is 0 Å². The molecule has 0 saturated carbocycles. The number of benzene rings is 1. The average Bonchev–Trinajstić information content (AvgIpc) is 3.22. The molecule has 33 heavy (non-hydrogen) atoms. The molecule has 0 spiro atoms. The molecular formula is C21H19ClF3N5O3. The third-order valence-corrected chi connectivity index (χ3v) is 5.60. The SMILES string of the molecule is COc1ccc([C@H]2C[C@@H](C(F)(F)F)n3ncc(C(=O)Nc4cccnc4Cl)c3N2)cc1OC. The summed E-state index contributed by atoms with van der Waals surface area (Å²) in [5, 5.41) is 9.50. The highest BCUT2D eigenvalue weighted by Gasteiger charge is 2.47. The Morgan fingerprint density at radius 1 is 1.24 bits per heavy atom. The first kappa shape index (κ1) is 22.7. The Morgan fingerprint density at radius 2 is 2.00 bits per heavy atom. The number of nitrogens with zero attached hydrogens (tertiary/aromatic N) is 3. The quantitative estimate of drug-likeness (QED) is 0.506. The minimum absolute atomic E-state index is 0.0521. The van der Waals surface area contributed by atoms with E-state index in [4.69, 9.17) is 21.1 Å². The Labute approximate surface area is 191 Å². The molecule has 1 amide bonds. The summed E-state index contributed by atoms with van der Waals surface area (Å²) in [6, 6.07) is 5.26. The first-order valence-corrected chi connectivity index (χ1v) is 10.1. The molecule has 12 heteroatoms. The van der Waals surface area contributed by atoms with E-state index < -0.39 is 24.2 Å². The van der Waals surface area contributed by atoms with Crippen LogP contribution < -0.4 is 20.1 Å². The van der Waals surface area contributed by atoms with E-state index in [-0.39, 0.29) is 28.6 Å². The zero-order chi connectivity index (χ0) is 23.8. The number of pyridine rings is 1. The minimum Gasteiger partial charge on any atom is -0.493 e. The van der Waals surface area contributed by atoms with Crippen molar-refractivity contribution in [2.75, 3.05) is 24.9 Å². The largest absolute Gasteiger partial charge is 0.493 e. The van der Waals surface area contributed by atoms with Gasteiger partial charge in [0, 0.05) is 12.6 Å². The van der Waals surface area contributed by atoms with Crippen LogP contribution >= 0.6 is 11.6 Å². The lowest BCUT2D eigenvalue weighted by Gasteiger charge is -2.34. The lowest BCUT2D eigenvalue weighted by Crippen LogP contribution is -2.36. The van der Waals surface area contributed by atoms with Crippen molar-refractivity contribution in [3.05, 3.63) is 59.0 Å². The molecule has 0 unspecified atom stereocenters. The van der Waals surface area contributed by atoms with Gasteiger partial charge >= 0.3 is 6.18 Å². The molecule has 174 valence electrons. The van der Waals surface area contributed by atoms with Crippen LogP contribution in [0.4, 0.5) is 24.7 Å². The number of anilines is 2. The van der Waals surface area contributed by atoms with Crippen LogP contribution in [0.5, 0.6) is 11.5 Å². The van der Waals surface area contributed by atoms with Crippen molar-refractivity contribution in [1.82, 2.24) is 14.8 Å². The molecule has 3 heterocycles. The summed E-state index contributed by atoms with van der Waals surface area (Å²) in [6.45, 7) is 0. The van der Waals surface area contributed by atoms with Gasteiger partial charge in [0.05, 0.1) is 32.1 Å². The summed E-state index contributed by atoms with van der Waals surface area (Å²) < 4.78 is 53.0. The molecule has 2 aromatic heterocycles. The lowest BCUT2D eigenvalue weighted by molar-refractivity contribution is -0.173. The zero-order valence-electron chi connectivity index (χ0n) is 17.5. The Balaban J connectivity index is 1.71. The maximum atomic E-state index is 13.9. The number of rotatable bonds is 5. The van der Waals surface area contributed by atoms with E-state index >= 15 is 0 Å². The molecule has 2 N–H and O–H groups in total. The molecule has 4 rings (SSSR count). The standard InChI is InChI=1S/C21H19ClF3N5O3/c1-32-15-6-5-11(8-16(15)33-2)14-9-17(21(23,24)25)30-19(28-14)12(10-27-30)20(31)29-13-4-3-7-26-18(13)22/h3-8,10,14,17,28H,9H2,1-2H3,(H,29,31)/t14-,17+/m1/s1. The number of amides is 1. The first-order chi connectivity index (χ1) is 15.7. The normalized spacial score (nSPS) is 17.6. The lowest BCUT2D eigenvalue weighted by atomic mass is 9.96. The van der Waals surface area contributed by atoms with Crippen molar-refractivity contribution in [1.29, 1.82) is 0 Å². The number of methoxy groups -OCH3 is 2. The molecule has 2 atom stereocenters. The van der Waals surface area contributed by atoms with E-state index in [2.05, 4.69) is 20.7 Å². The fraction of sp³-hybridized carbons (Fsp3) is 0.286. The van der Waals surface area contributed by atoms with Crippen LogP contribution in [0, 0.1) is 0 Å². The smallest absolute Gasteiger partial charge is 0.410 e. The topological polar surface area (TPSA) is 90.3 Å². The number of ether oxygens (including phenoxy) is 2. The molecule has 0 fully saturated rings. The number of nitrogens with one attached hydrogen (secondary N) is 2. The van der Waals surface area contributed by atoms with Gasteiger partial charge in [-0.3, -0.25) is 4.79 Å². The third kappa shape index (κ3) is 4.40. The van der Waals surface area contributed by atoms with Gasteiger partial charge in [-0.2, -0.15) is 18.3 Å². The molecule has 1 aliphatic rings. The Hall–Kier alpha value is -3.47. The number of fused-ring (bicyclic) bond motifs is 1. The highest BCUT2D eigenvalue weighted by atomic mass is 35.5. The van der Waals surface area contributed by atoms with Crippen LogP contribution in [0.15, 0.2) is 42.7 Å². The van der Waals surface area contributed by atoms with Gasteiger partial charge in [0.2, 0.25) is 0 Å². The second-order valence-electron chi connectivity index (χ2n) is 7.25. The van der Waals surface area contributed by atoms with Crippen molar-refractivity contribution in [3.8, 4) is 11.5 Å². The van der Waals surface area contributed by atoms with E-state index in [1.54, 1.807) is 24.3 Å². The Kier molecular flexibility index (Phi) is 6.07. The highest BCUT2D eigenvalue weighted by molar-refractivity contribution is 6.32. The number of carbonyl (C=O) groups excluding carboxylic acids is 1. The van der Waals surface area contributed by atoms with E-state index in [0.717, 1.165) is 10.9 Å². The van der Waals surface area contributed by atoms with Crippen LogP contribution in [-0.4, -0.2) is 41.1 Å². The van der Waals surface area contributed by atoms with Crippen molar-refractivity contribution in [3.63, 3.8) is 0 Å². The van der Waals surface area contributed by atoms with Crippen molar-refractivity contribution < 1.29 is 27.4 Å². The number of halogens is 4. The van der Waals surface area contributed by atoms with Crippen molar-refractivity contribution in [2.24, 2.45) is 0 Å². The third-order valence-electron chi connectivity index (χ3n) is 5.30. The fourth-order valence-electron chi connectivity index (χ4n) is 3.69. The summed E-state index contributed by atoms with van der Waals surface area (Å²) in [5.74, 6) is 0.0972. The second kappa shape index (κ2) is 8.81. The van der Waals surface area contributed by atoms with Gasteiger partial charge in [-0.25, -0.2) is 9.67 Å². The van der Waals surface area contributed by atoms with Gasteiger partial charge < -0.3 is 20.1 Å². The summed E-state index contributed by atoms with van der Waals surface area (Å²) in [4.78, 5) is 16.7. The predicted molar refractivity (Wildman–Crippen MR) is 115 cm³/mol. The summed E-state index contributed by atoms with van der Waals surface area (Å²) in [7, 11) is 2.91. The number of alkyl halides is 3. The van der Waals surface area contributed by atoms with Gasteiger partial charge in [0.25, 0.3) is 5.91 Å². The molecular weight excluding hydrogens is 463 g/mol. The predicted octanol–water partition coefficient (Wildman–Crippen LogP) is 4.86. The Bertz CT molecular complexity index is 1180. The zero-order valence-corrected chi connectivity index (χ0v) is 18.2. The molecule has 0 aliphatic carbocycles. The van der Waals surface area contributed by atoms with E-state index in [0.29, 0.717) is 17.1 Å². The number of hydrogen-bond donors (Lipinski definition) is 2. The monoisotopic (exact) mass is 481 g/mol. The molecule has 8 nitrogen and oxygen atoms in total. The van der Waals surface area contributed by atoms with Gasteiger partial charge in [-0.15, -0.1) is 0 Å². The van der Waals surface area contributed by atoms with Gasteiger partial charge in [-0.05, 0) is 29.8 Å². The molecule has 3 aromatic rings. The summed E-state index contributed by atoms with van der Waals surface area (Å²) >= 11 is 5.98. The van der Waals surface area contributed by atoms with E-state index in [9.17, 15) is 18.0 Å². The van der Waals surface area contributed by atoms with E-state index in [1.165, 1.54) is 26.5 Å². The van der Waals surface area contributed by atoms with Crippen molar-refractivity contribution >= 4 is 29.0 Å². The molecule has 0 saturated heterocycles. The van der Waals surface area contributed by atoms with Crippen LogP contribution in [0.3, 0.4) is 0 Å². The number of aromatic nitrogens is 3. The minimum atomic E-state index is -4.59. The number of hydrogen-bond acceptors (Lipinski definition) is 6. The van der Waals surface area contributed by atoms with Gasteiger partial charge in [0.1, 0.15) is 11.4 Å². The maximum absolute atomic E-state index is 13.9. The highest BCUT2D eigenvalue weighted by Crippen LogP contribution is 2.45. The van der Waals surface area contributed by atoms with Crippen LogP contribution in [0.2, 0.25) is 5.15 Å². The molecule has 1 aliphatic heterocycles. The maximum Gasteiger partial charge on any atom is 0.410 e. The fourth-order valence-corrected chi connectivity index (χ4v) is 3.85. The molecule has 1 aromatic carbocycles. The number of carbonyl (C=O) groups is 1. The van der Waals surface area contributed by atoms with Crippen molar-refractivity contribution in [2.45, 2.75) is 24.7 Å². The van der Waals surface area contributed by atoms with Gasteiger partial charge in [-0.1, -0.05) is 17.7 Å². The molecule has 0 bridgehead atoms. The van der Waals surface area contributed by atoms with E-state index in [1.807, 2.05) is 0 Å². The second-order valence-corrected chi connectivity index (χ2v) is 7.61. The van der Waals surface area contributed by atoms with Crippen LogP contribution in [-0.2, 0) is 0 Å². The summed E-state index contributed by atoms with van der Waals surface area (Å²) in [6.07, 6.45) is -2.37. The average molecular weight is 482 g/mol. The van der Waals surface area contributed by atoms with Gasteiger partial charge in [0.15, 0.2) is 22.7 Å².